The lowest BCUT2D eigenvalue weighted by Gasteiger charge is -2.28. The molecule has 0 bridgehead atoms. The van der Waals surface area contributed by atoms with Gasteiger partial charge in [0, 0.05) is 7.11 Å². The highest BCUT2D eigenvalue weighted by molar-refractivity contribution is 5.84. The standard InChI is InChI=1S/C11H21NO4/c1-7(16-5)6-8(13)12-9(10(14)15)11(2,3)4/h7,9H,6H2,1-5H3,(H,12,13)(H,14,15). The van der Waals surface area contributed by atoms with E-state index in [9.17, 15) is 9.59 Å². The quantitative estimate of drug-likeness (QED) is 0.741. The maximum absolute atomic E-state index is 11.5. The van der Waals surface area contributed by atoms with Crippen molar-refractivity contribution in [3.8, 4) is 0 Å². The van der Waals surface area contributed by atoms with Crippen molar-refractivity contribution in [2.45, 2.75) is 46.3 Å². The van der Waals surface area contributed by atoms with E-state index in [0.29, 0.717) is 0 Å². The molecule has 2 atom stereocenters. The Morgan fingerprint density at radius 2 is 1.88 bits per heavy atom. The predicted octanol–water partition coefficient (Wildman–Crippen LogP) is 1.03. The topological polar surface area (TPSA) is 75.6 Å². The van der Waals surface area contributed by atoms with Gasteiger partial charge in [0.15, 0.2) is 0 Å². The molecule has 94 valence electrons. The summed E-state index contributed by atoms with van der Waals surface area (Å²) in [5.41, 5.74) is -0.516. The molecule has 0 aliphatic carbocycles. The molecule has 16 heavy (non-hydrogen) atoms. The van der Waals surface area contributed by atoms with E-state index in [1.165, 1.54) is 7.11 Å². The van der Waals surface area contributed by atoms with Gasteiger partial charge in [-0.15, -0.1) is 0 Å². The second kappa shape index (κ2) is 5.84. The lowest BCUT2D eigenvalue weighted by Crippen LogP contribution is -2.49. The van der Waals surface area contributed by atoms with Crippen LogP contribution < -0.4 is 5.32 Å². The van der Waals surface area contributed by atoms with Crippen LogP contribution in [0.25, 0.3) is 0 Å². The zero-order valence-corrected chi connectivity index (χ0v) is 10.5. The van der Waals surface area contributed by atoms with Crippen LogP contribution >= 0.6 is 0 Å². The van der Waals surface area contributed by atoms with Crippen molar-refractivity contribution < 1.29 is 19.4 Å². The number of carboxylic acid groups (broad SMARTS) is 1. The number of ether oxygens (including phenoxy) is 1. The van der Waals surface area contributed by atoms with Gasteiger partial charge in [-0.05, 0) is 12.3 Å². The largest absolute Gasteiger partial charge is 0.480 e. The number of aliphatic carboxylic acids is 1. The molecule has 0 aliphatic rings. The van der Waals surface area contributed by atoms with Crippen molar-refractivity contribution in [2.24, 2.45) is 5.41 Å². The second-order valence-corrected chi connectivity index (χ2v) is 4.96. The van der Waals surface area contributed by atoms with Crippen LogP contribution in [0.2, 0.25) is 0 Å². The number of methoxy groups -OCH3 is 1. The van der Waals surface area contributed by atoms with Gasteiger partial charge in [0.25, 0.3) is 0 Å². The molecule has 0 fully saturated rings. The van der Waals surface area contributed by atoms with Crippen molar-refractivity contribution in [1.29, 1.82) is 0 Å². The van der Waals surface area contributed by atoms with E-state index in [-0.39, 0.29) is 18.4 Å². The van der Waals surface area contributed by atoms with Crippen LogP contribution in [-0.4, -0.2) is 36.2 Å². The Hall–Kier alpha value is -1.10. The number of rotatable bonds is 5. The minimum absolute atomic E-state index is 0.163. The summed E-state index contributed by atoms with van der Waals surface area (Å²) in [5, 5.41) is 11.5. The Morgan fingerprint density at radius 3 is 2.19 bits per heavy atom. The lowest BCUT2D eigenvalue weighted by molar-refractivity contribution is -0.145. The average molecular weight is 231 g/mol. The number of hydrogen-bond donors (Lipinski definition) is 2. The zero-order chi connectivity index (χ0) is 12.9. The molecule has 0 aliphatic heterocycles. The van der Waals surface area contributed by atoms with Crippen molar-refractivity contribution >= 4 is 11.9 Å². The molecule has 5 heteroatoms. The maximum atomic E-state index is 11.5. The number of nitrogens with one attached hydrogen (secondary N) is 1. The molecule has 0 aromatic rings. The molecule has 0 saturated carbocycles. The molecule has 0 aromatic carbocycles. The fourth-order valence-electron chi connectivity index (χ4n) is 1.21. The van der Waals surface area contributed by atoms with E-state index in [1.807, 2.05) is 0 Å². The fraction of sp³-hybridized carbons (Fsp3) is 0.818. The molecule has 2 N–H and O–H groups in total. The lowest BCUT2D eigenvalue weighted by atomic mass is 9.86. The number of amides is 1. The molecular formula is C11H21NO4. The maximum Gasteiger partial charge on any atom is 0.326 e. The third-order valence-electron chi connectivity index (χ3n) is 2.29. The summed E-state index contributed by atoms with van der Waals surface area (Å²) in [4.78, 5) is 22.5. The van der Waals surface area contributed by atoms with Crippen molar-refractivity contribution in [3.63, 3.8) is 0 Å². The molecular weight excluding hydrogens is 210 g/mol. The summed E-state index contributed by atoms with van der Waals surface area (Å²) in [6.45, 7) is 7.07. The first-order valence-electron chi connectivity index (χ1n) is 5.23. The normalized spacial score (nSPS) is 15.3. The summed E-state index contributed by atoms with van der Waals surface area (Å²) in [7, 11) is 1.51. The van der Waals surface area contributed by atoms with E-state index >= 15 is 0 Å². The minimum atomic E-state index is -1.02. The second-order valence-electron chi connectivity index (χ2n) is 4.96. The van der Waals surface area contributed by atoms with Crippen molar-refractivity contribution in [3.05, 3.63) is 0 Å². The van der Waals surface area contributed by atoms with Gasteiger partial charge in [0.05, 0.1) is 12.5 Å². The first-order valence-corrected chi connectivity index (χ1v) is 5.23. The van der Waals surface area contributed by atoms with Gasteiger partial charge in [0.2, 0.25) is 5.91 Å². The zero-order valence-electron chi connectivity index (χ0n) is 10.5. The Bertz CT molecular complexity index is 257. The third kappa shape index (κ3) is 5.11. The summed E-state index contributed by atoms with van der Waals surface area (Å²) < 4.78 is 4.94. The monoisotopic (exact) mass is 231 g/mol. The number of carbonyl (C=O) groups excluding carboxylic acids is 1. The summed E-state index contributed by atoms with van der Waals surface area (Å²) in [6.07, 6.45) is -0.0505. The molecule has 0 saturated heterocycles. The number of carboxylic acids is 1. The number of hydrogen-bond acceptors (Lipinski definition) is 3. The first-order chi connectivity index (χ1) is 7.18. The first kappa shape index (κ1) is 14.9. The van der Waals surface area contributed by atoms with Crippen molar-refractivity contribution in [2.75, 3.05) is 7.11 Å². The SMILES string of the molecule is COC(C)CC(=O)NC(C(=O)O)C(C)(C)C. The van der Waals surface area contributed by atoms with Gasteiger partial charge in [-0.25, -0.2) is 4.79 Å². The molecule has 5 nitrogen and oxygen atoms in total. The van der Waals surface area contributed by atoms with E-state index in [4.69, 9.17) is 9.84 Å². The molecule has 0 rings (SSSR count). The summed E-state index contributed by atoms with van der Waals surface area (Å²) in [5.74, 6) is -1.33. The molecule has 0 radical (unpaired) electrons. The highest BCUT2D eigenvalue weighted by atomic mass is 16.5. The van der Waals surface area contributed by atoms with Crippen LogP contribution in [0.1, 0.15) is 34.1 Å². The highest BCUT2D eigenvalue weighted by Crippen LogP contribution is 2.19. The Balaban J connectivity index is 4.43. The van der Waals surface area contributed by atoms with Crippen molar-refractivity contribution in [1.82, 2.24) is 5.32 Å². The highest BCUT2D eigenvalue weighted by Gasteiger charge is 2.32. The van der Waals surface area contributed by atoms with Gasteiger partial charge >= 0.3 is 5.97 Å². The Morgan fingerprint density at radius 1 is 1.38 bits per heavy atom. The van der Waals surface area contributed by atoms with Gasteiger partial charge in [-0.1, -0.05) is 20.8 Å². The summed E-state index contributed by atoms with van der Waals surface area (Å²) >= 11 is 0. The smallest absolute Gasteiger partial charge is 0.326 e. The van der Waals surface area contributed by atoms with E-state index in [2.05, 4.69) is 5.32 Å². The fourth-order valence-corrected chi connectivity index (χ4v) is 1.21. The van der Waals surface area contributed by atoms with Crippen LogP contribution in [0.4, 0.5) is 0 Å². The van der Waals surface area contributed by atoms with E-state index in [0.717, 1.165) is 0 Å². The molecule has 0 spiro atoms. The Labute approximate surface area is 96.2 Å². The van der Waals surface area contributed by atoms with Crippen LogP contribution in [-0.2, 0) is 14.3 Å². The minimum Gasteiger partial charge on any atom is -0.480 e. The van der Waals surface area contributed by atoms with Crippen LogP contribution in [0.5, 0.6) is 0 Å². The predicted molar refractivity (Wildman–Crippen MR) is 60.1 cm³/mol. The Kier molecular flexibility index (Phi) is 5.44. The van der Waals surface area contributed by atoms with Crippen LogP contribution in [0.15, 0.2) is 0 Å². The van der Waals surface area contributed by atoms with Crippen LogP contribution in [0, 0.1) is 5.41 Å². The van der Waals surface area contributed by atoms with Gasteiger partial charge in [0.1, 0.15) is 6.04 Å². The average Bonchev–Trinajstić information content (AvgIpc) is 2.11. The van der Waals surface area contributed by atoms with Gasteiger partial charge in [-0.2, -0.15) is 0 Å². The molecule has 2 unspecified atom stereocenters. The molecule has 1 amide bonds. The van der Waals surface area contributed by atoms with Crippen LogP contribution in [0.3, 0.4) is 0 Å². The van der Waals surface area contributed by atoms with Gasteiger partial charge < -0.3 is 15.2 Å². The van der Waals surface area contributed by atoms with E-state index < -0.39 is 17.4 Å². The molecule has 0 aromatic heterocycles. The van der Waals surface area contributed by atoms with E-state index in [1.54, 1.807) is 27.7 Å². The summed E-state index contributed by atoms with van der Waals surface area (Å²) in [6, 6.07) is -0.885. The third-order valence-corrected chi connectivity index (χ3v) is 2.29. The molecule has 0 heterocycles. The number of carbonyl (C=O) groups is 2. The van der Waals surface area contributed by atoms with Gasteiger partial charge in [-0.3, -0.25) is 4.79 Å².